The molecule has 0 amide bonds. The molecule has 1 aromatic rings. The number of ether oxygens (including phenoxy) is 2. The summed E-state index contributed by atoms with van der Waals surface area (Å²) in [6.07, 6.45) is 0. The Balaban J connectivity index is 0.00000256. The third-order valence-corrected chi connectivity index (χ3v) is 2.10. The number of nitrogens with two attached hydrogens (primary N) is 1. The van der Waals surface area contributed by atoms with Gasteiger partial charge in [-0.2, -0.15) is 0 Å². The Morgan fingerprint density at radius 2 is 2.18 bits per heavy atom. The minimum Gasteiger partial charge on any atom is -0.504 e. The van der Waals surface area contributed by atoms with Crippen LogP contribution >= 0.6 is 12.4 Å². The first-order chi connectivity index (χ1) is 7.60. The molecule has 0 spiro atoms. The zero-order valence-electron chi connectivity index (χ0n) is 9.67. The van der Waals surface area contributed by atoms with Gasteiger partial charge in [0.15, 0.2) is 11.5 Å². The number of hydrogen-bond donors (Lipinski definition) is 2. The largest absolute Gasteiger partial charge is 0.504 e. The summed E-state index contributed by atoms with van der Waals surface area (Å²) in [5.41, 5.74) is 6.19. The van der Waals surface area contributed by atoms with Crippen LogP contribution in [0.5, 0.6) is 11.5 Å². The molecule has 0 fully saturated rings. The second-order valence-corrected chi connectivity index (χ2v) is 3.16. The number of carbonyl (C=O) groups excluding carboxylic acids is 1. The van der Waals surface area contributed by atoms with Crippen molar-refractivity contribution < 1.29 is 19.4 Å². The van der Waals surface area contributed by atoms with Crippen LogP contribution < -0.4 is 10.5 Å². The van der Waals surface area contributed by atoms with Gasteiger partial charge < -0.3 is 20.3 Å². The molecule has 6 heteroatoms. The first kappa shape index (κ1) is 15.5. The summed E-state index contributed by atoms with van der Waals surface area (Å²) < 4.78 is 9.71. The van der Waals surface area contributed by atoms with Crippen LogP contribution in [0.1, 0.15) is 18.5 Å². The van der Waals surface area contributed by atoms with Crippen LogP contribution in [0.25, 0.3) is 0 Å². The van der Waals surface area contributed by atoms with Gasteiger partial charge in [0.25, 0.3) is 0 Å². The normalized spacial score (nSPS) is 11.2. The van der Waals surface area contributed by atoms with Crippen LogP contribution in [0.3, 0.4) is 0 Å². The lowest BCUT2D eigenvalue weighted by Gasteiger charge is -2.12. The Labute approximate surface area is 106 Å². The summed E-state index contributed by atoms with van der Waals surface area (Å²) in [5, 5.41) is 9.46. The van der Waals surface area contributed by atoms with Crippen LogP contribution in [0.15, 0.2) is 18.2 Å². The van der Waals surface area contributed by atoms with E-state index in [9.17, 15) is 9.90 Å². The van der Waals surface area contributed by atoms with E-state index in [0.29, 0.717) is 17.9 Å². The maximum Gasteiger partial charge on any atom is 0.327 e. The molecule has 0 aliphatic carbocycles. The van der Waals surface area contributed by atoms with E-state index in [1.807, 2.05) is 0 Å². The van der Waals surface area contributed by atoms with Crippen LogP contribution in [-0.2, 0) is 9.53 Å². The van der Waals surface area contributed by atoms with Crippen molar-refractivity contribution in [2.45, 2.75) is 13.0 Å². The SMILES string of the molecule is CCOc1cc([C@@H](N)C(=O)OC)ccc1O.Cl. The fourth-order valence-electron chi connectivity index (χ4n) is 1.26. The monoisotopic (exact) mass is 261 g/mol. The van der Waals surface area contributed by atoms with Crippen molar-refractivity contribution in [3.63, 3.8) is 0 Å². The van der Waals surface area contributed by atoms with E-state index < -0.39 is 12.0 Å². The molecule has 1 aromatic carbocycles. The average Bonchev–Trinajstić information content (AvgIpc) is 2.30. The predicted octanol–water partition coefficient (Wildman–Crippen LogP) is 1.39. The third kappa shape index (κ3) is 3.80. The van der Waals surface area contributed by atoms with Gasteiger partial charge in [-0.3, -0.25) is 4.79 Å². The molecule has 0 aliphatic heterocycles. The molecule has 1 atom stereocenters. The molecular formula is C11H16ClNO4. The topological polar surface area (TPSA) is 81.8 Å². The maximum atomic E-state index is 11.2. The number of rotatable bonds is 4. The zero-order valence-corrected chi connectivity index (χ0v) is 10.5. The molecule has 0 aliphatic rings. The molecule has 0 aromatic heterocycles. The van der Waals surface area contributed by atoms with E-state index in [-0.39, 0.29) is 18.2 Å². The van der Waals surface area contributed by atoms with E-state index in [1.54, 1.807) is 13.0 Å². The van der Waals surface area contributed by atoms with E-state index >= 15 is 0 Å². The number of halogens is 1. The highest BCUT2D eigenvalue weighted by atomic mass is 35.5. The van der Waals surface area contributed by atoms with Gasteiger partial charge in [-0.05, 0) is 24.6 Å². The van der Waals surface area contributed by atoms with E-state index in [1.165, 1.54) is 19.2 Å². The van der Waals surface area contributed by atoms with Gasteiger partial charge in [0.05, 0.1) is 13.7 Å². The number of aromatic hydroxyl groups is 1. The van der Waals surface area contributed by atoms with Crippen LogP contribution in [0.4, 0.5) is 0 Å². The van der Waals surface area contributed by atoms with Crippen molar-refractivity contribution in [2.24, 2.45) is 5.73 Å². The van der Waals surface area contributed by atoms with Gasteiger partial charge in [-0.15, -0.1) is 12.4 Å². The molecular weight excluding hydrogens is 246 g/mol. The van der Waals surface area contributed by atoms with Crippen molar-refractivity contribution in [3.05, 3.63) is 23.8 Å². The third-order valence-electron chi connectivity index (χ3n) is 2.10. The Hall–Kier alpha value is -1.46. The van der Waals surface area contributed by atoms with Crippen molar-refractivity contribution in [1.82, 2.24) is 0 Å². The number of benzene rings is 1. The second kappa shape index (κ2) is 6.98. The highest BCUT2D eigenvalue weighted by Gasteiger charge is 2.17. The summed E-state index contributed by atoms with van der Waals surface area (Å²) in [5.74, 6) is -0.213. The van der Waals surface area contributed by atoms with Crippen molar-refractivity contribution >= 4 is 18.4 Å². The highest BCUT2D eigenvalue weighted by Crippen LogP contribution is 2.28. The van der Waals surface area contributed by atoms with Gasteiger partial charge in [0.1, 0.15) is 6.04 Å². The number of methoxy groups -OCH3 is 1. The minimum atomic E-state index is -0.871. The van der Waals surface area contributed by atoms with Crippen LogP contribution in [0.2, 0.25) is 0 Å². The fourth-order valence-corrected chi connectivity index (χ4v) is 1.26. The number of phenolic OH excluding ortho intramolecular Hbond substituents is 1. The summed E-state index contributed by atoms with van der Waals surface area (Å²) in [4.78, 5) is 11.2. The lowest BCUT2D eigenvalue weighted by molar-refractivity contribution is -0.142. The quantitative estimate of drug-likeness (QED) is 0.801. The molecule has 0 saturated heterocycles. The number of hydrogen-bond acceptors (Lipinski definition) is 5. The smallest absolute Gasteiger partial charge is 0.327 e. The highest BCUT2D eigenvalue weighted by molar-refractivity contribution is 5.85. The van der Waals surface area contributed by atoms with Gasteiger partial charge in [-0.25, -0.2) is 0 Å². The second-order valence-electron chi connectivity index (χ2n) is 3.16. The molecule has 0 bridgehead atoms. The number of esters is 1. The van der Waals surface area contributed by atoms with Crippen LogP contribution in [0, 0.1) is 0 Å². The fraction of sp³-hybridized carbons (Fsp3) is 0.364. The molecule has 0 radical (unpaired) electrons. The summed E-state index contributed by atoms with van der Waals surface area (Å²) >= 11 is 0. The minimum absolute atomic E-state index is 0. The Morgan fingerprint density at radius 1 is 1.53 bits per heavy atom. The summed E-state index contributed by atoms with van der Waals surface area (Å²) in [7, 11) is 1.27. The van der Waals surface area contributed by atoms with E-state index in [4.69, 9.17) is 10.5 Å². The Bertz CT molecular complexity index is 384. The molecule has 96 valence electrons. The first-order valence-electron chi connectivity index (χ1n) is 4.89. The summed E-state index contributed by atoms with van der Waals surface area (Å²) in [6.45, 7) is 2.22. The van der Waals surface area contributed by atoms with Crippen molar-refractivity contribution in [1.29, 1.82) is 0 Å². The molecule has 17 heavy (non-hydrogen) atoms. The zero-order chi connectivity index (χ0) is 12.1. The van der Waals surface area contributed by atoms with E-state index in [0.717, 1.165) is 0 Å². The Kier molecular flexibility index (Phi) is 6.38. The molecule has 3 N–H and O–H groups in total. The van der Waals surface area contributed by atoms with Crippen molar-refractivity contribution in [3.8, 4) is 11.5 Å². The lowest BCUT2D eigenvalue weighted by Crippen LogP contribution is -2.22. The van der Waals surface area contributed by atoms with Gasteiger partial charge in [-0.1, -0.05) is 6.07 Å². The molecule has 0 saturated carbocycles. The van der Waals surface area contributed by atoms with Gasteiger partial charge in [0, 0.05) is 0 Å². The predicted molar refractivity (Wildman–Crippen MR) is 65.5 cm³/mol. The number of phenols is 1. The first-order valence-corrected chi connectivity index (χ1v) is 4.89. The average molecular weight is 262 g/mol. The molecule has 0 unspecified atom stereocenters. The lowest BCUT2D eigenvalue weighted by atomic mass is 10.1. The van der Waals surface area contributed by atoms with Crippen LogP contribution in [-0.4, -0.2) is 24.8 Å². The van der Waals surface area contributed by atoms with Gasteiger partial charge in [0.2, 0.25) is 0 Å². The standard InChI is InChI=1S/C11H15NO4.ClH/c1-3-16-9-6-7(4-5-8(9)13)10(12)11(14)15-2;/h4-6,10,13H,3,12H2,1-2H3;1H/t10-;/m1./s1. The number of carbonyl (C=O) groups is 1. The van der Waals surface area contributed by atoms with Crippen molar-refractivity contribution in [2.75, 3.05) is 13.7 Å². The van der Waals surface area contributed by atoms with E-state index in [2.05, 4.69) is 4.74 Å². The molecule has 5 nitrogen and oxygen atoms in total. The maximum absolute atomic E-state index is 11.2. The summed E-state index contributed by atoms with van der Waals surface area (Å²) in [6, 6.07) is 3.65. The Morgan fingerprint density at radius 3 is 2.71 bits per heavy atom. The van der Waals surface area contributed by atoms with Gasteiger partial charge >= 0.3 is 5.97 Å². The molecule has 0 heterocycles. The molecule has 1 rings (SSSR count).